The quantitative estimate of drug-likeness (QED) is 0.118. The third-order valence-corrected chi connectivity index (χ3v) is 9.26. The van der Waals surface area contributed by atoms with E-state index >= 15 is 0 Å². The molecule has 0 aliphatic heterocycles. The molecule has 54 heavy (non-hydrogen) atoms. The molecule has 0 heterocycles. The van der Waals surface area contributed by atoms with Gasteiger partial charge in [-0.15, -0.1) is 0 Å². The van der Waals surface area contributed by atoms with E-state index in [0.29, 0.717) is 29.2 Å². The van der Waals surface area contributed by atoms with Crippen LogP contribution in [-0.2, 0) is 5.41 Å². The average Bonchev–Trinajstić information content (AvgIpc) is 3.21. The molecule has 0 atom stereocenters. The van der Waals surface area contributed by atoms with Crippen LogP contribution in [0.25, 0.3) is 0 Å². The number of nitrogens with zero attached hydrogens (tertiary/aromatic N) is 2. The van der Waals surface area contributed by atoms with Crippen LogP contribution in [0.5, 0.6) is 17.2 Å². The van der Waals surface area contributed by atoms with Crippen molar-refractivity contribution in [3.8, 4) is 17.2 Å². The number of rotatable bonds is 12. The molecule has 0 aromatic heterocycles. The molecule has 0 amide bonds. The highest BCUT2D eigenvalue weighted by atomic mass is 16.5. The number of hydrogen-bond acceptors (Lipinski definition) is 5. The van der Waals surface area contributed by atoms with Gasteiger partial charge in [-0.1, -0.05) is 81.4 Å². The first-order valence-electron chi connectivity index (χ1n) is 18.3. The molecule has 0 fully saturated rings. The maximum absolute atomic E-state index is 13.2. The molecule has 0 saturated carbocycles. The van der Waals surface area contributed by atoms with E-state index in [0.717, 1.165) is 39.9 Å². The fourth-order valence-electron chi connectivity index (χ4n) is 6.42. The average molecular weight is 709 g/mol. The van der Waals surface area contributed by atoms with Crippen LogP contribution in [0.2, 0.25) is 0 Å². The van der Waals surface area contributed by atoms with Gasteiger partial charge in [-0.05, 0) is 139 Å². The van der Waals surface area contributed by atoms with Gasteiger partial charge in [0.25, 0.3) is 0 Å². The number of para-hydroxylation sites is 2. The molecule has 0 N–H and O–H groups in total. The minimum Gasteiger partial charge on any atom is -0.494 e. The van der Waals surface area contributed by atoms with Gasteiger partial charge in [-0.2, -0.15) is 0 Å². The minimum atomic E-state index is -0.00987. The standard InChI is InChI=1S/C49H44N2O3/c1-5-53-45-32-26-43(27-33-45)50(39-12-8-6-9-13-39)41-22-24-42(25-23-41)51(40-14-10-7-11-15-40)44-28-34-47(35-29-44)54-46-30-18-37(19-31-46)48(52)36-16-20-38(21-17-36)49(2,3)4/h6-35H,5H2,1-4H3. The monoisotopic (exact) mass is 708 g/mol. The van der Waals surface area contributed by atoms with Crippen molar-refractivity contribution in [2.45, 2.75) is 33.1 Å². The second kappa shape index (κ2) is 16.0. The predicted molar refractivity (Wildman–Crippen MR) is 222 cm³/mol. The lowest BCUT2D eigenvalue weighted by Crippen LogP contribution is -2.12. The lowest BCUT2D eigenvalue weighted by molar-refractivity contribution is 0.103. The Labute approximate surface area is 318 Å². The van der Waals surface area contributed by atoms with Gasteiger partial charge >= 0.3 is 0 Å². The van der Waals surface area contributed by atoms with Crippen molar-refractivity contribution >= 4 is 39.9 Å². The summed E-state index contributed by atoms with van der Waals surface area (Å²) in [7, 11) is 0. The van der Waals surface area contributed by atoms with E-state index in [9.17, 15) is 4.79 Å². The topological polar surface area (TPSA) is 42.0 Å². The van der Waals surface area contributed by atoms with Crippen molar-refractivity contribution in [3.05, 3.63) is 199 Å². The molecule has 0 aliphatic rings. The molecule has 0 unspecified atom stereocenters. The molecule has 0 bridgehead atoms. The Bertz CT molecular complexity index is 2260. The number of carbonyl (C=O) groups is 1. The molecular weight excluding hydrogens is 665 g/mol. The highest BCUT2D eigenvalue weighted by molar-refractivity contribution is 6.09. The number of ether oxygens (including phenoxy) is 2. The lowest BCUT2D eigenvalue weighted by atomic mass is 9.86. The summed E-state index contributed by atoms with van der Waals surface area (Å²) >= 11 is 0. The fraction of sp³-hybridized carbons (Fsp3) is 0.122. The molecule has 0 radical (unpaired) electrons. The molecule has 7 aromatic carbocycles. The smallest absolute Gasteiger partial charge is 0.193 e. The van der Waals surface area contributed by atoms with Crippen LogP contribution in [-0.4, -0.2) is 12.4 Å². The molecule has 5 heteroatoms. The molecule has 0 saturated heterocycles. The van der Waals surface area contributed by atoms with Gasteiger partial charge in [0.05, 0.1) is 6.61 Å². The maximum atomic E-state index is 13.2. The van der Waals surface area contributed by atoms with Crippen LogP contribution in [0.4, 0.5) is 34.1 Å². The zero-order valence-corrected chi connectivity index (χ0v) is 31.1. The number of carbonyl (C=O) groups excluding carboxylic acids is 1. The third kappa shape index (κ3) is 8.22. The van der Waals surface area contributed by atoms with E-state index in [1.165, 1.54) is 5.56 Å². The fourth-order valence-corrected chi connectivity index (χ4v) is 6.42. The largest absolute Gasteiger partial charge is 0.494 e. The second-order valence-corrected chi connectivity index (χ2v) is 14.1. The summed E-state index contributed by atoms with van der Waals surface area (Å²) in [6.45, 7) is 9.12. The number of ketones is 1. The van der Waals surface area contributed by atoms with Crippen molar-refractivity contribution < 1.29 is 14.3 Å². The Kier molecular flexibility index (Phi) is 10.6. The highest BCUT2D eigenvalue weighted by Gasteiger charge is 2.18. The van der Waals surface area contributed by atoms with E-state index in [-0.39, 0.29) is 11.2 Å². The van der Waals surface area contributed by atoms with Crippen molar-refractivity contribution in [2.75, 3.05) is 16.4 Å². The van der Waals surface area contributed by atoms with Crippen molar-refractivity contribution in [2.24, 2.45) is 0 Å². The Balaban J connectivity index is 1.11. The van der Waals surface area contributed by atoms with Gasteiger partial charge in [0.15, 0.2) is 5.78 Å². The molecule has 0 aliphatic carbocycles. The van der Waals surface area contributed by atoms with E-state index < -0.39 is 0 Å². The zero-order valence-electron chi connectivity index (χ0n) is 31.1. The summed E-state index contributed by atoms with van der Waals surface area (Å²) in [5.74, 6) is 2.20. The van der Waals surface area contributed by atoms with E-state index in [1.807, 2.05) is 104 Å². The van der Waals surface area contributed by atoms with Gasteiger partial charge in [0, 0.05) is 45.3 Å². The van der Waals surface area contributed by atoms with Gasteiger partial charge in [-0.3, -0.25) is 4.79 Å². The summed E-state index contributed by atoms with van der Waals surface area (Å²) in [4.78, 5) is 17.6. The summed E-state index contributed by atoms with van der Waals surface area (Å²) in [6.07, 6.45) is 0. The summed E-state index contributed by atoms with van der Waals surface area (Å²) in [5.41, 5.74) is 8.73. The third-order valence-electron chi connectivity index (χ3n) is 9.26. The van der Waals surface area contributed by atoms with Gasteiger partial charge in [0.2, 0.25) is 0 Å². The lowest BCUT2D eigenvalue weighted by Gasteiger charge is -2.28. The van der Waals surface area contributed by atoms with Crippen LogP contribution >= 0.6 is 0 Å². The van der Waals surface area contributed by atoms with Gasteiger partial charge in [-0.25, -0.2) is 0 Å². The van der Waals surface area contributed by atoms with E-state index in [4.69, 9.17) is 9.47 Å². The predicted octanol–water partition coefficient (Wildman–Crippen LogP) is 13.3. The summed E-state index contributed by atoms with van der Waals surface area (Å²) in [5, 5.41) is 0. The second-order valence-electron chi connectivity index (χ2n) is 14.1. The molecule has 7 rings (SSSR count). The van der Waals surface area contributed by atoms with Crippen molar-refractivity contribution in [3.63, 3.8) is 0 Å². The van der Waals surface area contributed by atoms with Gasteiger partial charge < -0.3 is 19.3 Å². The number of anilines is 6. The summed E-state index contributed by atoms with van der Waals surface area (Å²) in [6, 6.07) is 60.8. The SMILES string of the molecule is CCOc1ccc(N(c2ccccc2)c2ccc(N(c3ccccc3)c3ccc(Oc4ccc(C(=O)c5ccc(C(C)(C)C)cc5)cc4)cc3)cc2)cc1. The van der Waals surface area contributed by atoms with E-state index in [2.05, 4.69) is 116 Å². The van der Waals surface area contributed by atoms with Crippen LogP contribution in [0.15, 0.2) is 182 Å². The number of hydrogen-bond donors (Lipinski definition) is 0. The molecule has 0 spiro atoms. The highest BCUT2D eigenvalue weighted by Crippen LogP contribution is 2.40. The maximum Gasteiger partial charge on any atom is 0.193 e. The molecule has 268 valence electrons. The Morgan fingerprint density at radius 3 is 1.17 bits per heavy atom. The zero-order chi connectivity index (χ0) is 37.5. The van der Waals surface area contributed by atoms with Crippen molar-refractivity contribution in [1.29, 1.82) is 0 Å². The van der Waals surface area contributed by atoms with Crippen LogP contribution in [0.1, 0.15) is 49.2 Å². The number of benzene rings is 7. The van der Waals surface area contributed by atoms with Crippen LogP contribution in [0, 0.1) is 0 Å². The van der Waals surface area contributed by atoms with Gasteiger partial charge in [0.1, 0.15) is 17.2 Å². The molecule has 7 aromatic rings. The Morgan fingerprint density at radius 2 is 0.778 bits per heavy atom. The van der Waals surface area contributed by atoms with Crippen LogP contribution in [0.3, 0.4) is 0 Å². The molecular formula is C49H44N2O3. The molecule has 5 nitrogen and oxygen atoms in total. The summed E-state index contributed by atoms with van der Waals surface area (Å²) < 4.78 is 11.9. The normalized spacial score (nSPS) is 11.1. The van der Waals surface area contributed by atoms with Crippen LogP contribution < -0.4 is 19.3 Å². The minimum absolute atomic E-state index is 0.00987. The van der Waals surface area contributed by atoms with Crippen molar-refractivity contribution in [1.82, 2.24) is 0 Å². The Morgan fingerprint density at radius 1 is 0.444 bits per heavy atom. The van der Waals surface area contributed by atoms with E-state index in [1.54, 1.807) is 0 Å². The first-order valence-corrected chi connectivity index (χ1v) is 18.3. The first-order chi connectivity index (χ1) is 26.3. The first kappa shape index (κ1) is 35.8. The Hall–Kier alpha value is -6.59.